The highest BCUT2D eigenvalue weighted by molar-refractivity contribution is 6.30. The molecule has 3 aliphatic heterocycles. The number of nitrogens with zero attached hydrogens (tertiary/aromatic N) is 1. The fourth-order valence-electron chi connectivity index (χ4n) is 6.02. The van der Waals surface area contributed by atoms with Gasteiger partial charge in [-0.2, -0.15) is 0 Å². The van der Waals surface area contributed by atoms with Gasteiger partial charge in [0.25, 0.3) is 0 Å². The second kappa shape index (κ2) is 8.16. The molecule has 0 radical (unpaired) electrons. The van der Waals surface area contributed by atoms with Crippen LogP contribution in [0.15, 0.2) is 24.3 Å². The molecule has 4 bridgehead atoms. The number of piperidine rings is 2. The van der Waals surface area contributed by atoms with Crippen molar-refractivity contribution < 1.29 is 9.59 Å². The summed E-state index contributed by atoms with van der Waals surface area (Å²) in [6.45, 7) is 11.1. The highest BCUT2D eigenvalue weighted by Gasteiger charge is 2.67. The molecule has 5 rings (SSSR count). The van der Waals surface area contributed by atoms with Gasteiger partial charge in [-0.25, -0.2) is 0 Å². The zero-order chi connectivity index (χ0) is 21.6. The van der Waals surface area contributed by atoms with E-state index in [4.69, 9.17) is 11.6 Å². The van der Waals surface area contributed by atoms with E-state index in [1.165, 1.54) is 0 Å². The van der Waals surface area contributed by atoms with Crippen LogP contribution in [0.4, 0.5) is 0 Å². The van der Waals surface area contributed by atoms with Crippen molar-refractivity contribution in [2.45, 2.75) is 52.1 Å². The fourth-order valence-corrected chi connectivity index (χ4v) is 6.14. The molecule has 1 aromatic rings. The van der Waals surface area contributed by atoms with Crippen LogP contribution in [-0.2, 0) is 16.0 Å². The van der Waals surface area contributed by atoms with Crippen molar-refractivity contribution in [3.8, 4) is 0 Å². The summed E-state index contributed by atoms with van der Waals surface area (Å²) in [7, 11) is 0. The van der Waals surface area contributed by atoms with Gasteiger partial charge in [0.2, 0.25) is 11.8 Å². The Hall–Kier alpha value is -1.59. The first kappa shape index (κ1) is 21.6. The topological polar surface area (TPSA) is 61.4 Å². The van der Waals surface area contributed by atoms with Crippen molar-refractivity contribution in [2.75, 3.05) is 19.6 Å². The lowest BCUT2D eigenvalue weighted by Gasteiger charge is -2.55. The Morgan fingerprint density at radius 2 is 1.93 bits per heavy atom. The standard InChI is InChI=1S/C24H34ClN3O2/c1-14(2)11-26-23(30)24-10-17-13-28(12-15(3)4)21(20(17)22(29)27-24)19(24)9-16-5-7-18(25)8-6-16/h5-8,14-15,17,19-21H,9-13H2,1-4H3,(H,26,30)(H,27,29)/t17-,19+,20-,21-,24+/m1/s1. The van der Waals surface area contributed by atoms with Gasteiger partial charge < -0.3 is 10.6 Å². The predicted molar refractivity (Wildman–Crippen MR) is 119 cm³/mol. The molecule has 0 aromatic heterocycles. The molecular formula is C24H34ClN3O2. The fraction of sp³-hybridized carbons (Fsp3) is 0.667. The van der Waals surface area contributed by atoms with Gasteiger partial charge >= 0.3 is 0 Å². The molecule has 5 atom stereocenters. The summed E-state index contributed by atoms with van der Waals surface area (Å²) in [5.74, 6) is 1.23. The van der Waals surface area contributed by atoms with Crippen LogP contribution in [0.5, 0.6) is 0 Å². The van der Waals surface area contributed by atoms with Gasteiger partial charge in [-0.15, -0.1) is 0 Å². The maximum atomic E-state index is 13.6. The molecule has 1 saturated carbocycles. The van der Waals surface area contributed by atoms with Crippen LogP contribution < -0.4 is 10.6 Å². The molecule has 1 aliphatic carbocycles. The van der Waals surface area contributed by atoms with E-state index < -0.39 is 5.54 Å². The first-order valence-corrected chi connectivity index (χ1v) is 11.7. The first-order chi connectivity index (χ1) is 14.2. The van der Waals surface area contributed by atoms with Gasteiger partial charge in [-0.05, 0) is 48.3 Å². The SMILES string of the molecule is CC(C)CNC(=O)[C@@]12C[C@@H]3CN(CC(C)C)[C@@H]([C@@H]3C(=O)N1)[C@@H]2Cc1ccc(Cl)cc1. The number of benzene rings is 1. The third kappa shape index (κ3) is 3.75. The highest BCUT2D eigenvalue weighted by Crippen LogP contribution is 2.53. The number of fused-ring (bicyclic) bond motifs is 1. The summed E-state index contributed by atoms with van der Waals surface area (Å²) < 4.78 is 0. The van der Waals surface area contributed by atoms with E-state index in [2.05, 4.69) is 43.2 Å². The Morgan fingerprint density at radius 3 is 2.57 bits per heavy atom. The van der Waals surface area contributed by atoms with Gasteiger partial charge in [-0.1, -0.05) is 51.4 Å². The Morgan fingerprint density at radius 1 is 1.23 bits per heavy atom. The van der Waals surface area contributed by atoms with Crippen LogP contribution in [0.1, 0.15) is 39.7 Å². The molecule has 3 heterocycles. The molecule has 4 aliphatic rings. The van der Waals surface area contributed by atoms with Gasteiger partial charge in [0, 0.05) is 36.6 Å². The molecule has 30 heavy (non-hydrogen) atoms. The second-order valence-corrected chi connectivity index (χ2v) is 10.8. The van der Waals surface area contributed by atoms with Gasteiger partial charge in [0.15, 0.2) is 0 Å². The van der Waals surface area contributed by atoms with Crippen LogP contribution in [0.3, 0.4) is 0 Å². The Kier molecular flexibility index (Phi) is 5.88. The first-order valence-electron chi connectivity index (χ1n) is 11.3. The summed E-state index contributed by atoms with van der Waals surface area (Å²) in [5.41, 5.74) is 0.330. The van der Waals surface area contributed by atoms with Gasteiger partial charge in [0.1, 0.15) is 5.54 Å². The number of rotatable bonds is 7. The summed E-state index contributed by atoms with van der Waals surface area (Å²) >= 11 is 6.10. The molecule has 3 saturated heterocycles. The minimum atomic E-state index is -0.832. The molecular weight excluding hydrogens is 398 g/mol. The molecule has 2 amide bonds. The van der Waals surface area contributed by atoms with Crippen molar-refractivity contribution in [1.29, 1.82) is 0 Å². The van der Waals surface area contributed by atoms with E-state index >= 15 is 0 Å². The average molecular weight is 432 g/mol. The quantitative estimate of drug-likeness (QED) is 0.697. The van der Waals surface area contributed by atoms with Crippen LogP contribution >= 0.6 is 11.6 Å². The number of hydrogen-bond acceptors (Lipinski definition) is 3. The molecule has 6 heteroatoms. The van der Waals surface area contributed by atoms with E-state index in [0.717, 1.165) is 31.5 Å². The smallest absolute Gasteiger partial charge is 0.246 e. The van der Waals surface area contributed by atoms with E-state index in [0.29, 0.717) is 23.4 Å². The molecule has 0 unspecified atom stereocenters. The van der Waals surface area contributed by atoms with E-state index in [9.17, 15) is 9.59 Å². The van der Waals surface area contributed by atoms with Gasteiger partial charge in [-0.3, -0.25) is 14.5 Å². The Bertz CT molecular complexity index is 809. The number of carbonyl (C=O) groups excluding carboxylic acids is 2. The Balaban J connectivity index is 1.71. The lowest BCUT2D eigenvalue weighted by molar-refractivity contribution is -0.154. The zero-order valence-corrected chi connectivity index (χ0v) is 19.2. The number of nitrogens with one attached hydrogen (secondary N) is 2. The maximum Gasteiger partial charge on any atom is 0.246 e. The monoisotopic (exact) mass is 431 g/mol. The minimum absolute atomic E-state index is 0.0111. The van der Waals surface area contributed by atoms with Crippen molar-refractivity contribution in [1.82, 2.24) is 15.5 Å². The molecule has 1 aromatic carbocycles. The van der Waals surface area contributed by atoms with Crippen LogP contribution in [0.25, 0.3) is 0 Å². The second-order valence-electron chi connectivity index (χ2n) is 10.3. The van der Waals surface area contributed by atoms with Crippen molar-refractivity contribution >= 4 is 23.4 Å². The van der Waals surface area contributed by atoms with Gasteiger partial charge in [0.05, 0.1) is 5.92 Å². The summed E-state index contributed by atoms with van der Waals surface area (Å²) in [4.78, 5) is 29.2. The molecule has 0 spiro atoms. The van der Waals surface area contributed by atoms with E-state index in [1.807, 2.05) is 24.3 Å². The number of halogens is 1. The third-order valence-corrected chi connectivity index (χ3v) is 7.34. The van der Waals surface area contributed by atoms with Crippen molar-refractivity contribution in [3.05, 3.63) is 34.9 Å². The normalized spacial score (nSPS) is 32.7. The third-order valence-electron chi connectivity index (χ3n) is 7.09. The molecule has 2 N–H and O–H groups in total. The van der Waals surface area contributed by atoms with Crippen molar-refractivity contribution in [2.24, 2.45) is 29.6 Å². The summed E-state index contributed by atoms with van der Waals surface area (Å²) in [6.07, 6.45) is 1.49. The predicted octanol–water partition coefficient (Wildman–Crippen LogP) is 3.12. The molecule has 164 valence electrons. The van der Waals surface area contributed by atoms with E-state index in [1.54, 1.807) is 0 Å². The summed E-state index contributed by atoms with van der Waals surface area (Å²) in [5, 5.41) is 7.06. The van der Waals surface area contributed by atoms with E-state index in [-0.39, 0.29) is 35.6 Å². The number of likely N-dealkylation sites (tertiary alicyclic amines) is 1. The van der Waals surface area contributed by atoms with Crippen molar-refractivity contribution in [3.63, 3.8) is 0 Å². The number of hydrogen-bond donors (Lipinski definition) is 2. The number of amides is 2. The average Bonchev–Trinajstić information content (AvgIpc) is 2.97. The Labute approximate surface area is 184 Å². The lowest BCUT2D eigenvalue weighted by atomic mass is 9.57. The van der Waals surface area contributed by atoms with Crippen LogP contribution in [0, 0.1) is 29.6 Å². The number of carbonyl (C=O) groups is 2. The minimum Gasteiger partial charge on any atom is -0.354 e. The van der Waals surface area contributed by atoms with Crippen LogP contribution in [-0.4, -0.2) is 47.9 Å². The summed E-state index contributed by atoms with van der Waals surface area (Å²) in [6, 6.07) is 8.02. The maximum absolute atomic E-state index is 13.6. The zero-order valence-electron chi connectivity index (χ0n) is 18.5. The molecule has 4 fully saturated rings. The lowest BCUT2D eigenvalue weighted by Crippen LogP contribution is -2.76. The van der Waals surface area contributed by atoms with Crippen LogP contribution in [0.2, 0.25) is 5.02 Å². The highest BCUT2D eigenvalue weighted by atomic mass is 35.5. The molecule has 5 nitrogen and oxygen atoms in total. The largest absolute Gasteiger partial charge is 0.354 e.